The summed E-state index contributed by atoms with van der Waals surface area (Å²) in [5.74, 6) is 7.93. The fourth-order valence-electron chi connectivity index (χ4n) is 7.43. The maximum atomic E-state index is 10.8. The molecule has 0 radical (unpaired) electrons. The van der Waals surface area contributed by atoms with Crippen molar-refractivity contribution < 1.29 is 5.11 Å². The summed E-state index contributed by atoms with van der Waals surface area (Å²) in [5, 5.41) is 10.8. The molecule has 6 unspecified atom stereocenters. The molecule has 1 N–H and O–H groups in total. The Morgan fingerprint density at radius 3 is 2.34 bits per heavy atom. The summed E-state index contributed by atoms with van der Waals surface area (Å²) in [5.41, 5.74) is 3.42. The molecule has 0 aromatic rings. The largest absolute Gasteiger partial charge is 0.393 e. The molecule has 0 aromatic heterocycles. The molecule has 6 atom stereocenters. The van der Waals surface area contributed by atoms with E-state index in [-0.39, 0.29) is 11.5 Å². The Hall–Kier alpha value is -0.300. The van der Waals surface area contributed by atoms with E-state index in [9.17, 15) is 5.11 Å². The van der Waals surface area contributed by atoms with Gasteiger partial charge in [0, 0.05) is 16.9 Å². The number of hydrogen-bond donors (Lipinski definition) is 1. The lowest BCUT2D eigenvalue weighted by Gasteiger charge is -2.56. The van der Waals surface area contributed by atoms with Crippen molar-refractivity contribution in [2.24, 2.45) is 29.1 Å². The van der Waals surface area contributed by atoms with E-state index < -0.39 is 0 Å². The average Bonchev–Trinajstić information content (AvgIpc) is 3.41. The molecule has 4 fully saturated rings. The molecule has 5 rings (SSSR count). The second-order valence-electron chi connectivity index (χ2n) is 9.51. The predicted molar refractivity (Wildman–Crippen MR) is 147 cm³/mol. The van der Waals surface area contributed by atoms with Gasteiger partial charge in [0.1, 0.15) is 0 Å². The first-order chi connectivity index (χ1) is 15.5. The lowest BCUT2D eigenvalue weighted by Crippen LogP contribution is -2.50. The fourth-order valence-corrected chi connectivity index (χ4v) is 10.6. The monoisotopic (exact) mass is 476 g/mol. The first-order valence-corrected chi connectivity index (χ1v) is 15.2. The van der Waals surface area contributed by atoms with Crippen molar-refractivity contribution >= 4 is 23.5 Å². The van der Waals surface area contributed by atoms with Gasteiger partial charge in [-0.2, -0.15) is 0 Å². The first-order valence-electron chi connectivity index (χ1n) is 13.2. The predicted octanol–water partition coefficient (Wildman–Crippen LogP) is 8.34. The van der Waals surface area contributed by atoms with Crippen molar-refractivity contribution in [1.82, 2.24) is 0 Å². The second-order valence-corrected chi connectivity index (χ2v) is 12.6. The number of rotatable bonds is 1. The van der Waals surface area contributed by atoms with E-state index in [1.165, 1.54) is 49.2 Å². The number of terminal acetylenes is 1. The van der Waals surface area contributed by atoms with Crippen LogP contribution in [0.4, 0.5) is 0 Å². The number of fused-ring (bicyclic) bond motifs is 5. The van der Waals surface area contributed by atoms with E-state index in [1.807, 2.05) is 27.7 Å². The first kappa shape index (κ1) is 27.9. The summed E-state index contributed by atoms with van der Waals surface area (Å²) < 4.78 is 0.422. The van der Waals surface area contributed by atoms with E-state index in [1.54, 1.807) is 12.5 Å². The van der Waals surface area contributed by atoms with Gasteiger partial charge in [0.25, 0.3) is 0 Å². The minimum atomic E-state index is -0.0851. The van der Waals surface area contributed by atoms with E-state index in [0.717, 1.165) is 37.0 Å². The highest BCUT2D eigenvalue weighted by Gasteiger charge is 2.59. The van der Waals surface area contributed by atoms with Crippen LogP contribution in [0, 0.1) is 41.4 Å². The van der Waals surface area contributed by atoms with E-state index in [0.29, 0.717) is 10.00 Å². The molecule has 4 aliphatic carbocycles. The Balaban J connectivity index is 0.000000471. The molecule has 0 aromatic carbocycles. The van der Waals surface area contributed by atoms with Gasteiger partial charge in [0.2, 0.25) is 0 Å². The van der Waals surface area contributed by atoms with Gasteiger partial charge in [-0.25, -0.2) is 0 Å². The Bertz CT molecular complexity index is 684. The van der Waals surface area contributed by atoms with Crippen LogP contribution < -0.4 is 0 Å². The summed E-state index contributed by atoms with van der Waals surface area (Å²) in [6, 6.07) is 0. The minimum absolute atomic E-state index is 0.0851. The number of aliphatic hydroxyl groups excluding tert-OH is 1. The maximum absolute atomic E-state index is 10.8. The van der Waals surface area contributed by atoms with Crippen molar-refractivity contribution in [3.63, 3.8) is 0 Å². The van der Waals surface area contributed by atoms with E-state index >= 15 is 0 Å². The standard InChI is InChI=1S/C22H32OS2.C3H4.2C2H6/c1-3-21-12-14(2)20-16-8-9-22(24-10-11-25-22)13-15(16)4-5-17(20)18(21)6-7-19(21)23;1-3-2;2*1-2/h13,16-20,23H,2-12H2,1H3;1H,2H3;2*1-2H3. The van der Waals surface area contributed by atoms with Gasteiger partial charge < -0.3 is 5.11 Å². The van der Waals surface area contributed by atoms with Crippen molar-refractivity contribution in [1.29, 1.82) is 0 Å². The van der Waals surface area contributed by atoms with Crippen LogP contribution in [0.5, 0.6) is 0 Å². The Labute approximate surface area is 208 Å². The lowest BCUT2D eigenvalue weighted by atomic mass is 9.50. The van der Waals surface area contributed by atoms with Gasteiger partial charge in [-0.05, 0) is 82.0 Å². The van der Waals surface area contributed by atoms with Gasteiger partial charge in [0.15, 0.2) is 0 Å². The zero-order valence-electron chi connectivity index (χ0n) is 21.6. The summed E-state index contributed by atoms with van der Waals surface area (Å²) in [4.78, 5) is 0. The highest BCUT2D eigenvalue weighted by molar-refractivity contribution is 8.21. The van der Waals surface area contributed by atoms with Gasteiger partial charge in [-0.1, -0.05) is 58.4 Å². The third kappa shape index (κ3) is 5.04. The summed E-state index contributed by atoms with van der Waals surface area (Å²) >= 11 is 4.40. The molecule has 0 bridgehead atoms. The van der Waals surface area contributed by atoms with Gasteiger partial charge in [-0.15, -0.1) is 35.9 Å². The Morgan fingerprint density at radius 1 is 1.12 bits per heavy atom. The van der Waals surface area contributed by atoms with Gasteiger partial charge >= 0.3 is 0 Å². The summed E-state index contributed by atoms with van der Waals surface area (Å²) in [6.45, 7) is 16.6. The molecule has 1 heterocycles. The zero-order chi connectivity index (χ0) is 23.9. The topological polar surface area (TPSA) is 20.2 Å². The quantitative estimate of drug-likeness (QED) is 0.303. The van der Waals surface area contributed by atoms with Crippen LogP contribution in [0.1, 0.15) is 92.9 Å². The zero-order valence-corrected chi connectivity index (χ0v) is 23.2. The van der Waals surface area contributed by atoms with Crippen LogP contribution >= 0.6 is 23.5 Å². The SMILES string of the molecule is C#CC.C=C1CC2(CC)C(O)CCC2C2CCC3=CC4(CCC3C12)SCCS4.CC.CC. The Kier molecular flexibility index (Phi) is 10.8. The molecule has 1 aliphatic heterocycles. The number of aliphatic hydroxyl groups is 1. The second kappa shape index (κ2) is 12.4. The summed E-state index contributed by atoms with van der Waals surface area (Å²) in [7, 11) is 0. The van der Waals surface area contributed by atoms with E-state index in [4.69, 9.17) is 0 Å². The minimum Gasteiger partial charge on any atom is -0.393 e. The van der Waals surface area contributed by atoms with Crippen molar-refractivity contribution in [3.05, 3.63) is 23.8 Å². The normalized spacial score (nSPS) is 38.1. The van der Waals surface area contributed by atoms with Crippen molar-refractivity contribution in [3.8, 4) is 12.3 Å². The van der Waals surface area contributed by atoms with Crippen molar-refractivity contribution in [2.45, 2.75) is 103 Å². The molecule has 1 saturated heterocycles. The van der Waals surface area contributed by atoms with Crippen LogP contribution in [-0.2, 0) is 0 Å². The van der Waals surface area contributed by atoms with Crippen LogP contribution in [0.25, 0.3) is 0 Å². The van der Waals surface area contributed by atoms with Crippen LogP contribution in [0.2, 0.25) is 0 Å². The smallest absolute Gasteiger partial charge is 0.0794 e. The summed E-state index contributed by atoms with van der Waals surface area (Å²) in [6.07, 6.45) is 17.1. The fraction of sp³-hybridized carbons (Fsp3) is 0.793. The lowest BCUT2D eigenvalue weighted by molar-refractivity contribution is -0.0414. The molecule has 32 heavy (non-hydrogen) atoms. The van der Waals surface area contributed by atoms with Crippen molar-refractivity contribution in [2.75, 3.05) is 11.5 Å². The molecule has 3 saturated carbocycles. The third-order valence-electron chi connectivity index (χ3n) is 8.48. The van der Waals surface area contributed by atoms with Gasteiger partial charge in [-0.3, -0.25) is 0 Å². The van der Waals surface area contributed by atoms with E-state index in [2.05, 4.69) is 55.4 Å². The number of hydrogen-bond acceptors (Lipinski definition) is 3. The number of allylic oxidation sites excluding steroid dienone is 2. The highest BCUT2D eigenvalue weighted by Crippen LogP contribution is 2.65. The molecule has 1 spiro atoms. The Morgan fingerprint density at radius 2 is 1.75 bits per heavy atom. The molecular formula is C29H48OS2. The number of thioether (sulfide) groups is 2. The molecule has 5 aliphatic rings. The van der Waals surface area contributed by atoms with Crippen LogP contribution in [0.3, 0.4) is 0 Å². The van der Waals surface area contributed by atoms with Crippen LogP contribution in [-0.4, -0.2) is 26.8 Å². The molecule has 182 valence electrons. The third-order valence-corrected chi connectivity index (χ3v) is 11.9. The molecule has 0 amide bonds. The van der Waals surface area contributed by atoms with Gasteiger partial charge in [0.05, 0.1) is 10.2 Å². The molecular weight excluding hydrogens is 428 g/mol. The molecule has 3 heteroatoms. The average molecular weight is 477 g/mol. The van der Waals surface area contributed by atoms with Crippen LogP contribution in [0.15, 0.2) is 23.8 Å². The molecule has 1 nitrogen and oxygen atoms in total. The maximum Gasteiger partial charge on any atom is 0.0794 e. The highest BCUT2D eigenvalue weighted by atomic mass is 32.2.